The van der Waals surface area contributed by atoms with Crippen LogP contribution in [0, 0.1) is 0 Å². The Bertz CT molecular complexity index is 1410. The van der Waals surface area contributed by atoms with E-state index in [2.05, 4.69) is 5.32 Å². The summed E-state index contributed by atoms with van der Waals surface area (Å²) in [7, 11) is -3.76. The van der Waals surface area contributed by atoms with Crippen molar-refractivity contribution in [2.45, 2.75) is 30.2 Å². The average Bonchev–Trinajstić information content (AvgIpc) is 3.37. The molecule has 1 aromatic heterocycles. The lowest BCUT2D eigenvalue weighted by atomic mass is 10.0. The van der Waals surface area contributed by atoms with E-state index in [-0.39, 0.29) is 18.5 Å². The van der Waals surface area contributed by atoms with Crippen LogP contribution in [0.15, 0.2) is 94.4 Å². The first kappa shape index (κ1) is 22.4. The maximum Gasteiger partial charge on any atom is 0.252 e. The SMILES string of the molecule is O=C(NC[C@@H]1CCCCN1S(=O)(=O)c1ccccc1-c1ccccc1)c1cccc2occc12. The molecule has 0 bridgehead atoms. The maximum absolute atomic E-state index is 13.8. The average molecular weight is 475 g/mol. The van der Waals surface area contributed by atoms with Gasteiger partial charge in [-0.1, -0.05) is 61.0 Å². The number of amides is 1. The smallest absolute Gasteiger partial charge is 0.252 e. The minimum Gasteiger partial charge on any atom is -0.464 e. The van der Waals surface area contributed by atoms with Gasteiger partial charge in [0.2, 0.25) is 10.0 Å². The van der Waals surface area contributed by atoms with Crippen molar-refractivity contribution < 1.29 is 17.6 Å². The van der Waals surface area contributed by atoms with Gasteiger partial charge in [0.25, 0.3) is 5.91 Å². The zero-order chi connectivity index (χ0) is 23.5. The summed E-state index contributed by atoms with van der Waals surface area (Å²) < 4.78 is 34.7. The van der Waals surface area contributed by atoms with Gasteiger partial charge in [-0.3, -0.25) is 4.79 Å². The van der Waals surface area contributed by atoms with Gasteiger partial charge in [-0.15, -0.1) is 0 Å². The third-order valence-electron chi connectivity index (χ3n) is 6.37. The van der Waals surface area contributed by atoms with Crippen LogP contribution >= 0.6 is 0 Å². The highest BCUT2D eigenvalue weighted by molar-refractivity contribution is 7.89. The van der Waals surface area contributed by atoms with Gasteiger partial charge in [-0.05, 0) is 42.7 Å². The molecule has 7 heteroatoms. The summed E-state index contributed by atoms with van der Waals surface area (Å²) in [6, 6.07) is 23.5. The summed E-state index contributed by atoms with van der Waals surface area (Å²) >= 11 is 0. The zero-order valence-electron chi connectivity index (χ0n) is 18.7. The quantitative estimate of drug-likeness (QED) is 0.423. The number of carbonyl (C=O) groups is 1. The van der Waals surface area contributed by atoms with Crippen LogP contribution < -0.4 is 5.32 Å². The molecule has 6 nitrogen and oxygen atoms in total. The number of sulfonamides is 1. The van der Waals surface area contributed by atoms with Gasteiger partial charge in [0.15, 0.2) is 0 Å². The normalized spacial score (nSPS) is 17.0. The number of nitrogens with zero attached hydrogens (tertiary/aromatic N) is 1. The predicted molar refractivity (Wildman–Crippen MR) is 132 cm³/mol. The Hall–Kier alpha value is -3.42. The van der Waals surface area contributed by atoms with Gasteiger partial charge in [-0.2, -0.15) is 4.31 Å². The van der Waals surface area contributed by atoms with E-state index in [0.29, 0.717) is 34.6 Å². The second kappa shape index (κ2) is 9.44. The molecule has 0 radical (unpaired) electrons. The first-order valence-corrected chi connectivity index (χ1v) is 12.9. The molecule has 0 saturated carbocycles. The highest BCUT2D eigenvalue weighted by Gasteiger charge is 2.35. The van der Waals surface area contributed by atoms with Crippen LogP contribution in [0.2, 0.25) is 0 Å². The van der Waals surface area contributed by atoms with Crippen LogP contribution in [0.1, 0.15) is 29.6 Å². The van der Waals surface area contributed by atoms with Crippen molar-refractivity contribution in [2.75, 3.05) is 13.1 Å². The number of piperidine rings is 1. The summed E-state index contributed by atoms with van der Waals surface area (Å²) in [5, 5.41) is 3.70. The largest absolute Gasteiger partial charge is 0.464 e. The molecule has 34 heavy (non-hydrogen) atoms. The Labute approximate surface area is 199 Å². The predicted octanol–water partition coefficient (Wildman–Crippen LogP) is 5.07. The molecular formula is C27H26N2O4S. The van der Waals surface area contributed by atoms with E-state index >= 15 is 0 Å². The number of hydrogen-bond acceptors (Lipinski definition) is 4. The van der Waals surface area contributed by atoms with Crippen LogP contribution in [0.3, 0.4) is 0 Å². The molecule has 1 atom stereocenters. The zero-order valence-corrected chi connectivity index (χ0v) is 19.5. The van der Waals surface area contributed by atoms with Crippen LogP contribution in [-0.2, 0) is 10.0 Å². The van der Waals surface area contributed by atoms with Crippen molar-refractivity contribution in [2.24, 2.45) is 0 Å². The molecule has 3 aromatic carbocycles. The first-order chi connectivity index (χ1) is 16.6. The second-order valence-electron chi connectivity index (χ2n) is 8.48. The van der Waals surface area contributed by atoms with Crippen LogP contribution in [0.25, 0.3) is 22.1 Å². The fourth-order valence-corrected chi connectivity index (χ4v) is 6.58. The summed E-state index contributed by atoms with van der Waals surface area (Å²) in [6.07, 6.45) is 3.97. The summed E-state index contributed by atoms with van der Waals surface area (Å²) in [4.78, 5) is 13.2. The highest BCUT2D eigenvalue weighted by Crippen LogP contribution is 2.32. The lowest BCUT2D eigenvalue weighted by molar-refractivity contribution is 0.0941. The molecule has 0 aliphatic carbocycles. The van der Waals surface area contributed by atoms with E-state index in [0.717, 1.165) is 23.8 Å². The Kier molecular flexibility index (Phi) is 6.22. The molecule has 1 N–H and O–H groups in total. The van der Waals surface area contributed by atoms with Gasteiger partial charge in [0, 0.05) is 30.1 Å². The van der Waals surface area contributed by atoms with Gasteiger partial charge in [0.1, 0.15) is 5.58 Å². The summed E-state index contributed by atoms with van der Waals surface area (Å²) in [5.74, 6) is -0.236. The second-order valence-corrected chi connectivity index (χ2v) is 10.3. The number of nitrogens with one attached hydrogen (secondary N) is 1. The molecule has 1 aliphatic heterocycles. The van der Waals surface area contributed by atoms with Crippen molar-refractivity contribution in [1.29, 1.82) is 0 Å². The fraction of sp³-hybridized carbons (Fsp3) is 0.222. The first-order valence-electron chi connectivity index (χ1n) is 11.5. The Morgan fingerprint density at radius 1 is 0.941 bits per heavy atom. The molecule has 1 aliphatic rings. The number of rotatable bonds is 6. The van der Waals surface area contributed by atoms with E-state index in [1.54, 1.807) is 40.9 Å². The van der Waals surface area contributed by atoms with Crippen LogP contribution in [0.5, 0.6) is 0 Å². The standard InChI is InChI=1S/C27H26N2O4S/c30-27(24-13-8-14-25-23(24)16-18-33-25)28-19-21-11-6-7-17-29(21)34(31,32)26-15-5-4-12-22(26)20-9-2-1-3-10-20/h1-5,8-10,12-16,18,21H,6-7,11,17,19H2,(H,28,30)/t21-/m0/s1. The van der Waals surface area contributed by atoms with Crippen LogP contribution in [0.4, 0.5) is 0 Å². The van der Waals surface area contributed by atoms with Crippen molar-refractivity contribution in [3.63, 3.8) is 0 Å². The molecule has 174 valence electrons. The molecule has 5 rings (SSSR count). The Balaban J connectivity index is 1.40. The van der Waals surface area contributed by atoms with Crippen molar-refractivity contribution in [3.05, 3.63) is 90.7 Å². The monoisotopic (exact) mass is 474 g/mol. The van der Waals surface area contributed by atoms with E-state index < -0.39 is 10.0 Å². The summed E-state index contributed by atoms with van der Waals surface area (Å²) in [5.41, 5.74) is 2.71. The molecule has 0 unspecified atom stereocenters. The van der Waals surface area contributed by atoms with Crippen molar-refractivity contribution in [1.82, 2.24) is 9.62 Å². The molecule has 1 amide bonds. The van der Waals surface area contributed by atoms with Gasteiger partial charge in [0.05, 0.1) is 16.7 Å². The van der Waals surface area contributed by atoms with Gasteiger partial charge >= 0.3 is 0 Å². The number of benzene rings is 3. The third kappa shape index (κ3) is 4.24. The molecule has 1 fully saturated rings. The Morgan fingerprint density at radius 2 is 1.74 bits per heavy atom. The minimum atomic E-state index is -3.76. The van der Waals surface area contributed by atoms with Crippen LogP contribution in [-0.4, -0.2) is 37.8 Å². The van der Waals surface area contributed by atoms with E-state index in [9.17, 15) is 13.2 Å². The molecule has 1 saturated heterocycles. The third-order valence-corrected chi connectivity index (χ3v) is 8.38. The molecule has 2 heterocycles. The lowest BCUT2D eigenvalue weighted by Gasteiger charge is -2.35. The fourth-order valence-electron chi connectivity index (χ4n) is 4.67. The number of hydrogen-bond donors (Lipinski definition) is 1. The van der Waals surface area contributed by atoms with E-state index in [1.807, 2.05) is 48.5 Å². The highest BCUT2D eigenvalue weighted by atomic mass is 32.2. The minimum absolute atomic E-state index is 0.236. The maximum atomic E-state index is 13.8. The lowest BCUT2D eigenvalue weighted by Crippen LogP contribution is -2.49. The van der Waals surface area contributed by atoms with Gasteiger partial charge in [-0.25, -0.2) is 8.42 Å². The van der Waals surface area contributed by atoms with E-state index in [4.69, 9.17) is 4.42 Å². The van der Waals surface area contributed by atoms with E-state index in [1.165, 1.54) is 0 Å². The number of furan rings is 1. The molecule has 0 spiro atoms. The van der Waals surface area contributed by atoms with Gasteiger partial charge < -0.3 is 9.73 Å². The number of carbonyl (C=O) groups excluding carboxylic acids is 1. The topological polar surface area (TPSA) is 79.6 Å². The van der Waals surface area contributed by atoms with Crippen molar-refractivity contribution in [3.8, 4) is 11.1 Å². The number of fused-ring (bicyclic) bond motifs is 1. The van der Waals surface area contributed by atoms with Crippen molar-refractivity contribution >= 4 is 26.9 Å². The molecular weight excluding hydrogens is 448 g/mol. The molecule has 4 aromatic rings. The Morgan fingerprint density at radius 3 is 2.59 bits per heavy atom. The summed E-state index contributed by atoms with van der Waals surface area (Å²) in [6.45, 7) is 0.684.